The van der Waals surface area contributed by atoms with Crippen molar-refractivity contribution in [2.45, 2.75) is 437 Å². The quantitative estimate of drug-likeness (QED) is 0.0274. The van der Waals surface area contributed by atoms with Crippen LogP contribution in [0.5, 0.6) is 5.88 Å². The van der Waals surface area contributed by atoms with Crippen LogP contribution in [0.25, 0.3) is 0 Å². The lowest BCUT2D eigenvalue weighted by molar-refractivity contribution is -0.0154. The van der Waals surface area contributed by atoms with Crippen molar-refractivity contribution in [3.8, 4) is 11.9 Å². The van der Waals surface area contributed by atoms with Crippen LogP contribution in [0.4, 0.5) is 4.39 Å². The molecule has 14 rings (SSSR count). The summed E-state index contributed by atoms with van der Waals surface area (Å²) in [6, 6.07) is 17.0. The second-order valence-electron chi connectivity index (χ2n) is 47.4. The molecule has 5 atom stereocenters. The van der Waals surface area contributed by atoms with Crippen molar-refractivity contribution in [1.29, 1.82) is 5.26 Å². The summed E-state index contributed by atoms with van der Waals surface area (Å²) < 4.78 is 33.3. The molecule has 1 aromatic rings. The van der Waals surface area contributed by atoms with Crippen LogP contribution in [0, 0.1) is 52.8 Å². The Morgan fingerprint density at radius 2 is 0.801 bits per heavy atom. The van der Waals surface area contributed by atoms with Crippen LogP contribution >= 0.6 is 7.82 Å². The topological polar surface area (TPSA) is 428 Å². The Hall–Kier alpha value is -2.52. The van der Waals surface area contributed by atoms with E-state index in [-0.39, 0.29) is 37.6 Å². The van der Waals surface area contributed by atoms with E-state index in [4.69, 9.17) is 63.8 Å². The second kappa shape index (κ2) is 82.9. The van der Waals surface area contributed by atoms with Crippen molar-refractivity contribution in [1.82, 2.24) is 80.2 Å². The third-order valence-electron chi connectivity index (χ3n) is 29.7. The van der Waals surface area contributed by atoms with E-state index in [1.165, 1.54) is 110 Å². The fraction of sp³-hybridized carbons (Fsp3) is 0.946. The summed E-state index contributed by atoms with van der Waals surface area (Å²) in [6.07, 6.45) is 19.0. The fourth-order valence-electron chi connectivity index (χ4n) is 18.3. The maximum atomic E-state index is 12.8. The molecule has 868 valence electrons. The number of rotatable bonds is 28. The lowest BCUT2D eigenvalue weighted by atomic mass is 9.91. The van der Waals surface area contributed by atoms with Crippen LogP contribution in [0.2, 0.25) is 0 Å². The number of likely N-dealkylation sites (tertiary alicyclic amines) is 11. The molecular formula is C112H238FN22O10P. The van der Waals surface area contributed by atoms with E-state index in [2.05, 4.69) is 285 Å². The summed E-state index contributed by atoms with van der Waals surface area (Å²) in [5.74, 6) is 6.28. The molecule has 0 amide bonds. The summed E-state index contributed by atoms with van der Waals surface area (Å²) >= 11 is 0. The summed E-state index contributed by atoms with van der Waals surface area (Å²) in [7, 11) is -4.27. The fourth-order valence-corrected chi connectivity index (χ4v) is 18.8. The van der Waals surface area contributed by atoms with Crippen molar-refractivity contribution >= 4 is 7.82 Å². The number of nitrogens with one attached hydrogen (secondary N) is 4. The first kappa shape index (κ1) is 143. The van der Waals surface area contributed by atoms with Crippen molar-refractivity contribution < 1.29 is 53.5 Å². The summed E-state index contributed by atoms with van der Waals surface area (Å²) in [5, 5.41) is 65.0. The Morgan fingerprint density at radius 3 is 1.11 bits per heavy atom. The first-order valence-electron chi connectivity index (χ1n) is 57.9. The Kier molecular flexibility index (Phi) is 81.5. The monoisotopic (exact) mass is 2100 g/mol. The first-order chi connectivity index (χ1) is 68.6. The second-order valence-corrected chi connectivity index (χ2v) is 48.6. The SMILES string of the molecule is CC(C)C1CCCC1.CC(C)C1CNC1.CC(C)N1CC(CN)C1.CC(C)N1CC(CO)C1.CC(C)N1CC(N)C(F)C1.CC(C)N1CC(OP(=O)(O)O)C1.CC(C)N1CC(Oc2ccccn2)C1.CC(C)N1CCC(C#N)CC1.CC(C)N1CCC(N)C1.CC(C)N1CCC(N)CC1.CC(C)N1CCC(O)CC1.CC(C)N1CCCC(N)C1.CC(C)N1CCCC(O)C1.CC(C)NCCNCCO.CC(C)NCCO. The van der Waals surface area contributed by atoms with Crippen molar-refractivity contribution in [3.63, 3.8) is 0 Å². The van der Waals surface area contributed by atoms with Crippen molar-refractivity contribution in [2.75, 3.05) is 210 Å². The Labute approximate surface area is 895 Å². The molecule has 146 heavy (non-hydrogen) atoms. The van der Waals surface area contributed by atoms with E-state index in [0.717, 1.165) is 172 Å². The number of ether oxygens (including phenoxy) is 1. The van der Waals surface area contributed by atoms with Gasteiger partial charge in [0, 0.05) is 258 Å². The van der Waals surface area contributed by atoms with Gasteiger partial charge in [-0.1, -0.05) is 87.1 Å². The lowest BCUT2D eigenvalue weighted by Crippen LogP contribution is -2.56. The number of phosphoric acid groups is 1. The van der Waals surface area contributed by atoms with Gasteiger partial charge in [0.2, 0.25) is 5.88 Å². The molecule has 0 aromatic carbocycles. The Morgan fingerprint density at radius 1 is 0.418 bits per heavy atom. The molecule has 0 bridgehead atoms. The molecule has 32 nitrogen and oxygen atoms in total. The molecule has 12 saturated heterocycles. The largest absolute Gasteiger partial charge is 0.472 e. The standard InChI is InChI=1S/C11H16N2O.C9H16N2.2C8H18N2.2C8H17NO.C8H16.C7H15FN2.C7H18N2O.2C7H16N2.C7H15NO.C6H14NO4P.C6H13N.C5H13NO/c1-9(2)13-7-10(8-13)14-11-5-3-4-6-12-11;1-8(2)11-5-3-9(7-10)4-6-11;1-7(2)10-5-3-8(9)4-6-10;1-7(2)10-5-3-4-8(9)6-10;1-7(2)9-5-3-8(10)4-6-9;1-7(2)9-5-3-4-8(10)6-9;1-7(2)8-5-3-4-6-8;1-5(2)10-3-6(8)7(9)4-10;1-7(2)9-4-3-8-5-6-10;1-6(2)9-4-7(3-8)5-9;1-6(2)9-4-3-7(8)5-9;1-6(2)8-3-7(4-8)5-9;1-5(2)7-3-6(4-7)11-12(8,9)10;1-5(2)6-3-7-4-6;1-5(2)6-3-4-7/h3-6,9-10H,7-8H2,1-2H3;8-9H,3-6H2,1-2H3;2*7-8H,3-6,9H2,1-2H3;2*7-8,10H,3-6H2,1-2H3;7-8H,3-6H2,1-2H3;5-7H,3-4,9H2,1-2H3;7-10H,3-6H2,1-2H3;2*6-7H,3-5,8H2,1-2H3;6-7,9H,3-5H2,1-2H3;5-6H,3-4H2,1-2H3,(H2,8,9,10);2*5-7H,3-4H2,1-2H3. The molecule has 1 saturated carbocycles. The highest BCUT2D eigenvalue weighted by Gasteiger charge is 2.36. The minimum Gasteiger partial charge on any atom is -0.472 e. The molecule has 1 aliphatic carbocycles. The number of aromatic nitrogens is 1. The van der Waals surface area contributed by atoms with Crippen LogP contribution in [0.1, 0.15) is 304 Å². The van der Waals surface area contributed by atoms with Gasteiger partial charge in [-0.15, -0.1) is 0 Å². The molecule has 13 aliphatic rings. The maximum Gasteiger partial charge on any atom is 0.469 e. The van der Waals surface area contributed by atoms with Gasteiger partial charge in [-0.3, -0.25) is 33.9 Å². The minimum atomic E-state index is -4.27. The summed E-state index contributed by atoms with van der Waals surface area (Å²) in [4.78, 5) is 46.9. The number of β-amino-alcohol motifs (C(OH)–C–C–N with tert-alkyl or cyclic N) is 1. The number of nitriles is 1. The number of alkyl halides is 1. The van der Waals surface area contributed by atoms with Crippen LogP contribution in [-0.2, 0) is 9.09 Å². The van der Waals surface area contributed by atoms with Gasteiger partial charge in [-0.25, -0.2) is 13.9 Å². The smallest absolute Gasteiger partial charge is 0.469 e. The van der Waals surface area contributed by atoms with Gasteiger partial charge < -0.3 is 114 Å². The number of pyridine rings is 1. The molecule has 21 N–H and O–H groups in total. The van der Waals surface area contributed by atoms with Gasteiger partial charge in [0.25, 0.3) is 0 Å². The summed E-state index contributed by atoms with van der Waals surface area (Å²) in [6.45, 7) is 95.6. The van der Waals surface area contributed by atoms with Crippen LogP contribution in [0.15, 0.2) is 24.4 Å². The summed E-state index contributed by atoms with van der Waals surface area (Å²) in [5.41, 5.74) is 28.3. The maximum absolute atomic E-state index is 12.8. The number of nitrogens with two attached hydrogens (primary N) is 5. The number of aliphatic hydroxyl groups is 5. The molecule has 1 aromatic heterocycles. The highest BCUT2D eigenvalue weighted by Crippen LogP contribution is 2.40. The van der Waals surface area contributed by atoms with Gasteiger partial charge >= 0.3 is 7.82 Å². The zero-order valence-corrected chi connectivity index (χ0v) is 100. The molecular weight excluding hydrogens is 1860 g/mol. The number of hydrogen-bond donors (Lipinski definition) is 16. The van der Waals surface area contributed by atoms with E-state index in [0.29, 0.717) is 160 Å². The van der Waals surface area contributed by atoms with Gasteiger partial charge in [-0.05, 0) is 324 Å². The molecule has 13 heterocycles. The first-order valence-corrected chi connectivity index (χ1v) is 59.4. The normalized spacial score (nSPS) is 23.1. The average molecular weight is 2100 g/mol. The van der Waals surface area contributed by atoms with Gasteiger partial charge in [0.05, 0.1) is 37.6 Å². The molecule has 12 aliphatic heterocycles. The highest BCUT2D eigenvalue weighted by atomic mass is 31.2. The van der Waals surface area contributed by atoms with Crippen LogP contribution in [0.3, 0.4) is 0 Å². The third kappa shape index (κ3) is 70.2. The Balaban J connectivity index is 0.00000155. The third-order valence-corrected chi connectivity index (χ3v) is 30.3. The highest BCUT2D eigenvalue weighted by molar-refractivity contribution is 7.46. The van der Waals surface area contributed by atoms with Crippen LogP contribution in [-0.4, -0.2) is 437 Å². The number of hydrogen-bond acceptors (Lipinski definition) is 30. The molecule has 5 unspecified atom stereocenters. The lowest BCUT2D eigenvalue weighted by Gasteiger charge is -2.41. The number of piperidine rings is 5. The van der Waals surface area contributed by atoms with Crippen LogP contribution < -0.4 is 54.7 Å². The Bertz CT molecular complexity index is 3120. The van der Waals surface area contributed by atoms with E-state index < -0.39 is 14.0 Å². The van der Waals surface area contributed by atoms with E-state index in [1.54, 1.807) is 6.20 Å². The van der Waals surface area contributed by atoms with E-state index in [1.807, 2.05) is 32.0 Å². The predicted molar refractivity (Wildman–Crippen MR) is 613 cm³/mol. The molecule has 0 spiro atoms. The van der Waals surface area contributed by atoms with Crippen molar-refractivity contribution in [2.24, 2.45) is 70.1 Å². The molecule has 13 fully saturated rings. The van der Waals surface area contributed by atoms with Crippen molar-refractivity contribution in [3.05, 3.63) is 24.4 Å². The number of aliphatic hydroxyl groups excluding tert-OH is 5. The van der Waals surface area contributed by atoms with Gasteiger partial charge in [-0.2, -0.15) is 5.26 Å². The van der Waals surface area contributed by atoms with Gasteiger partial charge in [0.15, 0.2) is 0 Å². The molecule has 34 heteroatoms. The number of halogens is 1. The number of phosphoric ester groups is 1. The minimum absolute atomic E-state index is 0.0324. The zero-order chi connectivity index (χ0) is 111. The zero-order valence-electron chi connectivity index (χ0n) is 99.2. The average Bonchev–Trinajstić information content (AvgIpc) is 1.07. The predicted octanol–water partition coefficient (Wildman–Crippen LogP) is 11.4. The van der Waals surface area contributed by atoms with E-state index >= 15 is 0 Å². The van der Waals surface area contributed by atoms with Gasteiger partial charge in [0.1, 0.15) is 12.3 Å². The number of nitrogens with zero attached hydrogens (tertiary/aromatic N) is 13. The molecule has 0 radical (unpaired) electrons. The van der Waals surface area contributed by atoms with E-state index in [9.17, 15) is 19.2 Å².